The summed E-state index contributed by atoms with van der Waals surface area (Å²) in [4.78, 5) is 41.3. The number of allylic oxidation sites excluding steroid dienone is 1. The van der Waals surface area contributed by atoms with Crippen LogP contribution in [0.1, 0.15) is 53.4 Å². The summed E-state index contributed by atoms with van der Waals surface area (Å²) in [6, 6.07) is -1.15. The van der Waals surface area contributed by atoms with Crippen molar-refractivity contribution in [2.24, 2.45) is 29.6 Å². The minimum absolute atomic E-state index is 0.0365. The van der Waals surface area contributed by atoms with Gasteiger partial charge in [-0.2, -0.15) is 0 Å². The minimum atomic E-state index is -0.702. The molecule has 3 N–H and O–H groups in total. The predicted molar refractivity (Wildman–Crippen MR) is 116 cm³/mol. The number of likely N-dealkylation sites (tertiary alicyclic amines) is 1. The normalized spacial score (nSPS) is 30.0. The van der Waals surface area contributed by atoms with Crippen LogP contribution in [0.5, 0.6) is 0 Å². The number of amides is 3. The van der Waals surface area contributed by atoms with Gasteiger partial charge in [-0.1, -0.05) is 52.7 Å². The summed E-state index contributed by atoms with van der Waals surface area (Å²) in [6.45, 7) is 8.41. The maximum absolute atomic E-state index is 13.7. The van der Waals surface area contributed by atoms with E-state index in [1.165, 1.54) is 0 Å². The smallest absolute Gasteiger partial charge is 0.243 e. The van der Waals surface area contributed by atoms with Gasteiger partial charge in [-0.05, 0) is 24.7 Å². The van der Waals surface area contributed by atoms with Crippen molar-refractivity contribution in [3.63, 3.8) is 0 Å². The van der Waals surface area contributed by atoms with Gasteiger partial charge < -0.3 is 20.6 Å². The van der Waals surface area contributed by atoms with Crippen LogP contribution in [0.15, 0.2) is 12.2 Å². The molecule has 30 heavy (non-hydrogen) atoms. The molecule has 0 unspecified atom stereocenters. The largest absolute Gasteiger partial charge is 0.394 e. The fraction of sp³-hybridized carbons (Fsp3) is 0.783. The molecule has 1 aliphatic heterocycles. The van der Waals surface area contributed by atoms with Gasteiger partial charge in [0.1, 0.15) is 6.04 Å². The Hall–Kier alpha value is -1.89. The molecule has 2 rings (SSSR count). The van der Waals surface area contributed by atoms with E-state index in [0.717, 1.165) is 25.7 Å². The number of aliphatic hydroxyl groups is 1. The molecule has 170 valence electrons. The third kappa shape index (κ3) is 4.56. The second kappa shape index (κ2) is 10.9. The Balaban J connectivity index is 2.50. The molecule has 0 bridgehead atoms. The van der Waals surface area contributed by atoms with Gasteiger partial charge in [-0.25, -0.2) is 0 Å². The van der Waals surface area contributed by atoms with E-state index >= 15 is 0 Å². The molecule has 0 aromatic rings. The molecule has 1 heterocycles. The molecule has 0 aromatic heterocycles. The SMILES string of the molecule is CCCCNC(=O)[C@@H]1[C@H]2C=C[C@@H](CC)[C@@H](C(=O)NC)[C@H]2C(=O)N1[C@@H](CO)[C@@H](C)CC. The van der Waals surface area contributed by atoms with Crippen molar-refractivity contribution in [2.75, 3.05) is 20.2 Å². The molecule has 0 saturated carbocycles. The van der Waals surface area contributed by atoms with E-state index in [9.17, 15) is 19.5 Å². The molecule has 2 aliphatic rings. The molecule has 7 heteroatoms. The third-order valence-electron chi connectivity index (χ3n) is 7.01. The van der Waals surface area contributed by atoms with Crippen molar-refractivity contribution in [2.45, 2.75) is 65.5 Å². The Kier molecular flexibility index (Phi) is 8.89. The average Bonchev–Trinajstić information content (AvgIpc) is 3.05. The lowest BCUT2D eigenvalue weighted by Crippen LogP contribution is -2.54. The first-order valence-electron chi connectivity index (χ1n) is 11.5. The number of carbonyl (C=O) groups excluding carboxylic acids is 3. The number of carbonyl (C=O) groups is 3. The number of nitrogens with zero attached hydrogens (tertiary/aromatic N) is 1. The van der Waals surface area contributed by atoms with E-state index in [4.69, 9.17) is 0 Å². The monoisotopic (exact) mass is 421 g/mol. The van der Waals surface area contributed by atoms with Crippen LogP contribution < -0.4 is 10.6 Å². The molecule has 1 fully saturated rings. The highest BCUT2D eigenvalue weighted by Crippen LogP contribution is 2.46. The molecule has 0 aromatic carbocycles. The first-order valence-corrected chi connectivity index (χ1v) is 11.5. The molecule has 7 nitrogen and oxygen atoms in total. The Bertz CT molecular complexity index is 650. The van der Waals surface area contributed by atoms with Crippen LogP contribution in [0.3, 0.4) is 0 Å². The van der Waals surface area contributed by atoms with Gasteiger partial charge in [0.05, 0.1) is 24.5 Å². The van der Waals surface area contributed by atoms with Crippen molar-refractivity contribution >= 4 is 17.7 Å². The summed E-state index contributed by atoms with van der Waals surface area (Å²) in [7, 11) is 1.59. The predicted octanol–water partition coefficient (Wildman–Crippen LogP) is 1.71. The van der Waals surface area contributed by atoms with Crippen LogP contribution >= 0.6 is 0 Å². The van der Waals surface area contributed by atoms with E-state index in [-0.39, 0.29) is 42.1 Å². The van der Waals surface area contributed by atoms with Crippen molar-refractivity contribution in [3.05, 3.63) is 12.2 Å². The van der Waals surface area contributed by atoms with Crippen LogP contribution in [-0.4, -0.2) is 60.0 Å². The number of fused-ring (bicyclic) bond motifs is 1. The summed E-state index contributed by atoms with van der Waals surface area (Å²) in [5.41, 5.74) is 0. The van der Waals surface area contributed by atoms with Crippen LogP contribution in [0.4, 0.5) is 0 Å². The second-order valence-corrected chi connectivity index (χ2v) is 8.67. The lowest BCUT2D eigenvalue weighted by atomic mass is 9.69. The van der Waals surface area contributed by atoms with E-state index in [0.29, 0.717) is 6.54 Å². The molecule has 7 atom stereocenters. The summed E-state index contributed by atoms with van der Waals surface area (Å²) in [6.07, 6.45) is 7.31. The van der Waals surface area contributed by atoms with Gasteiger partial charge in [0.15, 0.2) is 0 Å². The highest BCUT2D eigenvalue weighted by atomic mass is 16.3. The zero-order valence-electron chi connectivity index (χ0n) is 19.1. The molecule has 0 spiro atoms. The van der Waals surface area contributed by atoms with E-state index in [1.54, 1.807) is 11.9 Å². The number of aliphatic hydroxyl groups excluding tert-OH is 1. The van der Waals surface area contributed by atoms with Crippen LogP contribution in [0, 0.1) is 29.6 Å². The number of unbranched alkanes of at least 4 members (excludes halogenated alkanes) is 1. The Labute approximate surface area is 180 Å². The lowest BCUT2D eigenvalue weighted by molar-refractivity contribution is -0.144. The molecule has 3 amide bonds. The van der Waals surface area contributed by atoms with E-state index < -0.39 is 23.9 Å². The van der Waals surface area contributed by atoms with Gasteiger partial charge >= 0.3 is 0 Å². The van der Waals surface area contributed by atoms with Gasteiger partial charge in [0.2, 0.25) is 17.7 Å². The summed E-state index contributed by atoms with van der Waals surface area (Å²) >= 11 is 0. The van der Waals surface area contributed by atoms with E-state index in [2.05, 4.69) is 17.6 Å². The lowest BCUT2D eigenvalue weighted by Gasteiger charge is -2.36. The Morgan fingerprint density at radius 1 is 1.20 bits per heavy atom. The maximum Gasteiger partial charge on any atom is 0.243 e. The molecule has 1 aliphatic carbocycles. The zero-order chi connectivity index (χ0) is 22.4. The Morgan fingerprint density at radius 2 is 1.90 bits per heavy atom. The van der Waals surface area contributed by atoms with Gasteiger partial charge in [0.25, 0.3) is 0 Å². The van der Waals surface area contributed by atoms with E-state index in [1.807, 2.05) is 32.9 Å². The van der Waals surface area contributed by atoms with Crippen molar-refractivity contribution < 1.29 is 19.5 Å². The van der Waals surface area contributed by atoms with Crippen LogP contribution in [0.25, 0.3) is 0 Å². The maximum atomic E-state index is 13.7. The van der Waals surface area contributed by atoms with Gasteiger partial charge in [0, 0.05) is 19.5 Å². The first-order chi connectivity index (χ1) is 14.4. The number of hydrogen-bond donors (Lipinski definition) is 3. The van der Waals surface area contributed by atoms with Gasteiger partial charge in [-0.15, -0.1) is 0 Å². The summed E-state index contributed by atoms with van der Waals surface area (Å²) in [5.74, 6) is -2.01. The quantitative estimate of drug-likeness (QED) is 0.369. The number of nitrogens with one attached hydrogen (secondary N) is 2. The fourth-order valence-corrected chi connectivity index (χ4v) is 5.02. The van der Waals surface area contributed by atoms with Gasteiger partial charge in [-0.3, -0.25) is 14.4 Å². The summed E-state index contributed by atoms with van der Waals surface area (Å²) in [5, 5.41) is 15.8. The average molecular weight is 422 g/mol. The standard InChI is InChI=1S/C23H39N3O4/c1-6-9-12-25-22(29)20-16-11-10-15(8-3)18(21(28)24-5)19(16)23(30)26(20)17(13-27)14(4)7-2/h10-11,14-20,27H,6-9,12-13H2,1-5H3,(H,24,28)(H,25,29)/t14-,15+,16-,17-,18+,19-,20-/m0/s1. The van der Waals surface area contributed by atoms with Crippen LogP contribution in [0.2, 0.25) is 0 Å². The summed E-state index contributed by atoms with van der Waals surface area (Å²) < 4.78 is 0. The number of hydrogen-bond acceptors (Lipinski definition) is 4. The fourth-order valence-electron chi connectivity index (χ4n) is 5.02. The molecule has 0 radical (unpaired) electrons. The topological polar surface area (TPSA) is 98.7 Å². The van der Waals surface area contributed by atoms with Crippen molar-refractivity contribution in [3.8, 4) is 0 Å². The highest BCUT2D eigenvalue weighted by Gasteiger charge is 2.58. The third-order valence-corrected chi connectivity index (χ3v) is 7.01. The van der Waals surface area contributed by atoms with Crippen molar-refractivity contribution in [1.82, 2.24) is 15.5 Å². The van der Waals surface area contributed by atoms with Crippen LogP contribution in [-0.2, 0) is 14.4 Å². The molecular weight excluding hydrogens is 382 g/mol. The molecular formula is C23H39N3O4. The first kappa shape index (κ1) is 24.4. The minimum Gasteiger partial charge on any atom is -0.394 e. The second-order valence-electron chi connectivity index (χ2n) is 8.67. The van der Waals surface area contributed by atoms with Crippen molar-refractivity contribution in [1.29, 1.82) is 0 Å². The number of rotatable bonds is 10. The highest BCUT2D eigenvalue weighted by molar-refractivity contribution is 5.97. The Morgan fingerprint density at radius 3 is 2.43 bits per heavy atom. The molecule has 1 saturated heterocycles. The zero-order valence-corrected chi connectivity index (χ0v) is 19.1.